The van der Waals surface area contributed by atoms with Crippen LogP contribution in [-0.4, -0.2) is 24.7 Å². The average molecular weight is 438 g/mol. The van der Waals surface area contributed by atoms with Crippen LogP contribution in [0.4, 0.5) is 0 Å². The van der Waals surface area contributed by atoms with Gasteiger partial charge in [0.05, 0.1) is 11.7 Å². The van der Waals surface area contributed by atoms with Gasteiger partial charge in [-0.3, -0.25) is 0 Å². The number of ether oxygens (including phenoxy) is 1. The highest BCUT2D eigenvalue weighted by molar-refractivity contribution is 7.84. The summed E-state index contributed by atoms with van der Waals surface area (Å²) in [6, 6.07) is 12.5. The van der Waals surface area contributed by atoms with Crippen molar-refractivity contribution in [1.82, 2.24) is 10.1 Å². The van der Waals surface area contributed by atoms with Crippen LogP contribution < -0.4 is 9.88 Å². The molecule has 0 bridgehead atoms. The molecular weight excluding hydrogens is 420 g/mol. The van der Waals surface area contributed by atoms with Crippen molar-refractivity contribution >= 4 is 16.1 Å². The van der Waals surface area contributed by atoms with Crippen LogP contribution in [-0.2, 0) is 20.9 Å². The van der Waals surface area contributed by atoms with Gasteiger partial charge in [0.1, 0.15) is 17.6 Å². The van der Waals surface area contributed by atoms with Gasteiger partial charge in [-0.15, -0.1) is 0 Å². The van der Waals surface area contributed by atoms with Crippen molar-refractivity contribution < 1.29 is 21.9 Å². The molecule has 0 aliphatic heterocycles. The minimum atomic E-state index is -4.13. The highest BCUT2D eigenvalue weighted by atomic mass is 32.2. The average Bonchev–Trinajstić information content (AvgIpc) is 3.34. The van der Waals surface area contributed by atoms with E-state index in [1.54, 1.807) is 36.4 Å². The molecule has 31 heavy (non-hydrogen) atoms. The van der Waals surface area contributed by atoms with Crippen LogP contribution in [0.15, 0.2) is 47.0 Å². The first-order valence-corrected chi connectivity index (χ1v) is 10.8. The number of nitriles is 1. The second kappa shape index (κ2) is 7.86. The van der Waals surface area contributed by atoms with E-state index in [1.807, 2.05) is 19.9 Å². The van der Waals surface area contributed by atoms with Crippen LogP contribution in [0.2, 0.25) is 0 Å². The Kier molecular flexibility index (Phi) is 5.22. The van der Waals surface area contributed by atoms with E-state index in [-0.39, 0.29) is 17.8 Å². The lowest BCUT2D eigenvalue weighted by Gasteiger charge is -2.11. The van der Waals surface area contributed by atoms with E-state index in [0.717, 1.165) is 5.56 Å². The summed E-state index contributed by atoms with van der Waals surface area (Å²) in [7, 11) is -4.13. The number of nitrogens with two attached hydrogens (primary N) is 1. The van der Waals surface area contributed by atoms with Gasteiger partial charge < -0.3 is 13.4 Å². The fourth-order valence-electron chi connectivity index (χ4n) is 3.31. The van der Waals surface area contributed by atoms with Gasteiger partial charge in [-0.05, 0) is 50.1 Å². The van der Waals surface area contributed by atoms with Crippen LogP contribution in [0.3, 0.4) is 0 Å². The minimum Gasteiger partial charge on any atom is -0.490 e. The summed E-state index contributed by atoms with van der Waals surface area (Å²) in [5.74, 6) is 1.23. The first kappa shape index (κ1) is 20.6. The van der Waals surface area contributed by atoms with Crippen molar-refractivity contribution in [3.8, 4) is 34.7 Å². The van der Waals surface area contributed by atoms with Crippen LogP contribution in [0, 0.1) is 11.3 Å². The SMILES string of the molecule is CC(C)Oc1ccc(-c2nc(-c3cccc4c3CC=C4OS(N)(=O)=O)no2)cc1C#N. The summed E-state index contributed by atoms with van der Waals surface area (Å²) in [5, 5.41) is 18.5. The Morgan fingerprint density at radius 2 is 2.00 bits per heavy atom. The van der Waals surface area contributed by atoms with Gasteiger partial charge in [0, 0.05) is 16.7 Å². The molecule has 1 aliphatic carbocycles. The molecule has 0 fully saturated rings. The van der Waals surface area contributed by atoms with Gasteiger partial charge in [-0.25, -0.2) is 0 Å². The molecule has 1 aliphatic rings. The number of nitrogens with zero attached hydrogens (tertiary/aromatic N) is 3. The summed E-state index contributed by atoms with van der Waals surface area (Å²) >= 11 is 0. The maximum atomic E-state index is 11.3. The van der Waals surface area contributed by atoms with E-state index < -0.39 is 10.3 Å². The van der Waals surface area contributed by atoms with Gasteiger partial charge in [0.25, 0.3) is 5.89 Å². The Morgan fingerprint density at radius 1 is 1.23 bits per heavy atom. The summed E-state index contributed by atoms with van der Waals surface area (Å²) in [6.45, 7) is 3.76. The van der Waals surface area contributed by atoms with E-state index in [2.05, 4.69) is 16.2 Å². The van der Waals surface area contributed by atoms with Crippen LogP contribution in [0.25, 0.3) is 28.6 Å². The van der Waals surface area contributed by atoms with Crippen molar-refractivity contribution in [3.05, 3.63) is 59.2 Å². The van der Waals surface area contributed by atoms with E-state index >= 15 is 0 Å². The molecule has 0 spiro atoms. The maximum Gasteiger partial charge on any atom is 0.380 e. The standard InChI is InChI=1S/C21H18N4O5S/c1-12(2)28-18-8-6-13(10-14(18)11-22)21-24-20(25-29-21)17-5-3-4-16-15(17)7-9-19(16)30-31(23,26)27/h3-6,8-10,12H,7H2,1-2H3,(H2,23,26,27). The van der Waals surface area contributed by atoms with Crippen molar-refractivity contribution in [2.75, 3.05) is 0 Å². The number of allylic oxidation sites excluding steroid dienone is 1. The highest BCUT2D eigenvalue weighted by Crippen LogP contribution is 2.36. The second-order valence-corrected chi connectivity index (χ2v) is 8.25. The monoisotopic (exact) mass is 438 g/mol. The van der Waals surface area contributed by atoms with Gasteiger partial charge in [0.2, 0.25) is 5.82 Å². The largest absolute Gasteiger partial charge is 0.490 e. The Morgan fingerprint density at radius 3 is 2.71 bits per heavy atom. The van der Waals surface area contributed by atoms with Crippen LogP contribution in [0.5, 0.6) is 5.75 Å². The highest BCUT2D eigenvalue weighted by Gasteiger charge is 2.24. The summed E-state index contributed by atoms with van der Waals surface area (Å²) in [6.07, 6.45) is 2.00. The number of hydrogen-bond donors (Lipinski definition) is 1. The fourth-order valence-corrected chi connectivity index (χ4v) is 3.72. The smallest absolute Gasteiger partial charge is 0.380 e. The molecule has 158 valence electrons. The predicted molar refractivity (Wildman–Crippen MR) is 112 cm³/mol. The third-order valence-electron chi connectivity index (χ3n) is 4.52. The second-order valence-electron chi connectivity index (χ2n) is 7.09. The fraction of sp³-hybridized carbons (Fsp3) is 0.190. The molecule has 4 rings (SSSR count). The number of fused-ring (bicyclic) bond motifs is 1. The molecule has 9 nitrogen and oxygen atoms in total. The first-order valence-electron chi connectivity index (χ1n) is 9.35. The molecule has 0 amide bonds. The normalized spacial score (nSPS) is 12.9. The molecule has 3 aromatic rings. The molecule has 2 N–H and O–H groups in total. The van der Waals surface area contributed by atoms with Crippen molar-refractivity contribution in [2.45, 2.75) is 26.4 Å². The van der Waals surface area contributed by atoms with E-state index in [0.29, 0.717) is 40.2 Å². The van der Waals surface area contributed by atoms with Crippen molar-refractivity contribution in [2.24, 2.45) is 5.14 Å². The number of aromatic nitrogens is 2. The third kappa shape index (κ3) is 4.28. The van der Waals surface area contributed by atoms with Crippen molar-refractivity contribution in [3.63, 3.8) is 0 Å². The van der Waals surface area contributed by atoms with E-state index in [1.165, 1.54) is 0 Å². The molecule has 0 saturated heterocycles. The summed E-state index contributed by atoms with van der Waals surface area (Å²) in [4.78, 5) is 4.46. The Bertz CT molecular complexity index is 1340. The first-order chi connectivity index (χ1) is 14.7. The van der Waals surface area contributed by atoms with Gasteiger partial charge in [0.15, 0.2) is 0 Å². The molecule has 0 unspecified atom stereocenters. The zero-order valence-electron chi connectivity index (χ0n) is 16.7. The Labute approximate surface area is 179 Å². The quantitative estimate of drug-likeness (QED) is 0.618. The summed E-state index contributed by atoms with van der Waals surface area (Å²) in [5.41, 5.74) is 3.01. The zero-order chi connectivity index (χ0) is 22.2. The molecule has 10 heteroatoms. The van der Waals surface area contributed by atoms with Crippen LogP contribution >= 0.6 is 0 Å². The molecule has 0 saturated carbocycles. The Balaban J connectivity index is 1.66. The van der Waals surface area contributed by atoms with E-state index in [9.17, 15) is 13.7 Å². The van der Waals surface area contributed by atoms with Gasteiger partial charge in [-0.2, -0.15) is 23.8 Å². The lowest BCUT2D eigenvalue weighted by atomic mass is 10.0. The molecule has 2 aromatic carbocycles. The molecule has 1 heterocycles. The third-order valence-corrected chi connectivity index (χ3v) is 4.93. The van der Waals surface area contributed by atoms with Gasteiger partial charge >= 0.3 is 10.3 Å². The lowest BCUT2D eigenvalue weighted by Crippen LogP contribution is -2.14. The maximum absolute atomic E-state index is 11.3. The minimum absolute atomic E-state index is 0.0649. The molecular formula is C21H18N4O5S. The zero-order valence-corrected chi connectivity index (χ0v) is 17.5. The van der Waals surface area contributed by atoms with Gasteiger partial charge in [-0.1, -0.05) is 23.4 Å². The number of benzene rings is 2. The van der Waals surface area contributed by atoms with Crippen LogP contribution in [0.1, 0.15) is 30.5 Å². The van der Waals surface area contributed by atoms with E-state index in [4.69, 9.17) is 18.6 Å². The van der Waals surface area contributed by atoms with Crippen molar-refractivity contribution in [1.29, 1.82) is 5.26 Å². The number of rotatable bonds is 6. The topological polar surface area (TPSA) is 141 Å². The molecule has 0 atom stereocenters. The predicted octanol–water partition coefficient (Wildman–Crippen LogP) is 3.18. The Hall–Kier alpha value is -3.68. The lowest BCUT2D eigenvalue weighted by molar-refractivity contribution is 0.241. The molecule has 0 radical (unpaired) electrons. The number of hydrogen-bond acceptors (Lipinski definition) is 8. The summed E-state index contributed by atoms with van der Waals surface area (Å²) < 4.78 is 38.5. The molecule has 1 aromatic heterocycles.